The number of nitrogens with one attached hydrogen (secondary N) is 1. The third-order valence-corrected chi connectivity index (χ3v) is 3.93. The number of nitrogens with zero attached hydrogens (tertiary/aromatic N) is 4. The molecule has 22 heavy (non-hydrogen) atoms. The van der Waals surface area contributed by atoms with Crippen LogP contribution in [0.15, 0.2) is 6.20 Å². The Morgan fingerprint density at radius 1 is 1.41 bits per heavy atom. The molecule has 0 spiro atoms. The maximum absolute atomic E-state index is 12.3. The van der Waals surface area contributed by atoms with Gasteiger partial charge in [-0.25, -0.2) is 4.79 Å². The van der Waals surface area contributed by atoms with Crippen LogP contribution in [0.2, 0.25) is 5.02 Å². The summed E-state index contributed by atoms with van der Waals surface area (Å²) in [7, 11) is 1.49. The first-order valence-corrected chi connectivity index (χ1v) is 6.89. The number of anilines is 1. The fourth-order valence-electron chi connectivity index (χ4n) is 2.15. The summed E-state index contributed by atoms with van der Waals surface area (Å²) in [6.45, 7) is 5.17. The summed E-state index contributed by atoms with van der Waals surface area (Å²) in [5.41, 5.74) is 1.35. The van der Waals surface area contributed by atoms with E-state index in [9.17, 15) is 9.59 Å². The molecule has 0 radical (unpaired) electrons. The smallest absolute Gasteiger partial charge is 0.356 e. The Hall–Kier alpha value is -2.35. The van der Waals surface area contributed by atoms with E-state index in [0.717, 1.165) is 0 Å². The molecule has 1 amide bonds. The van der Waals surface area contributed by atoms with Crippen LogP contribution in [-0.4, -0.2) is 36.5 Å². The molecule has 0 fully saturated rings. The Kier molecular flexibility index (Phi) is 4.23. The van der Waals surface area contributed by atoms with Crippen LogP contribution < -0.4 is 5.32 Å². The van der Waals surface area contributed by atoms with E-state index in [2.05, 4.69) is 15.5 Å². The van der Waals surface area contributed by atoms with Gasteiger partial charge < -0.3 is 10.4 Å². The molecule has 2 rings (SSSR count). The van der Waals surface area contributed by atoms with E-state index in [1.807, 2.05) is 0 Å². The summed E-state index contributed by atoms with van der Waals surface area (Å²) in [5.74, 6) is -1.57. The molecule has 0 saturated carbocycles. The van der Waals surface area contributed by atoms with E-state index in [1.165, 1.54) is 22.6 Å². The molecule has 9 heteroatoms. The minimum Gasteiger partial charge on any atom is -0.476 e. The number of amides is 1. The van der Waals surface area contributed by atoms with E-state index >= 15 is 0 Å². The zero-order valence-electron chi connectivity index (χ0n) is 12.6. The van der Waals surface area contributed by atoms with Crippen molar-refractivity contribution in [2.75, 3.05) is 5.32 Å². The number of rotatable bonds is 4. The summed E-state index contributed by atoms with van der Waals surface area (Å²) in [6, 6.07) is -0.645. The molecule has 118 valence electrons. The van der Waals surface area contributed by atoms with E-state index < -0.39 is 17.9 Å². The lowest BCUT2D eigenvalue weighted by atomic mass is 10.2. The van der Waals surface area contributed by atoms with Crippen LogP contribution in [0, 0.1) is 13.8 Å². The third kappa shape index (κ3) is 2.69. The quantitative estimate of drug-likeness (QED) is 0.892. The second-order valence-electron chi connectivity index (χ2n) is 4.93. The fraction of sp³-hybridized carbons (Fsp3) is 0.385. The predicted octanol–water partition coefficient (Wildman–Crippen LogP) is 1.78. The molecule has 2 heterocycles. The largest absolute Gasteiger partial charge is 0.476 e. The number of carbonyl (C=O) groups is 2. The maximum atomic E-state index is 12.3. The molecule has 0 aromatic carbocycles. The summed E-state index contributed by atoms with van der Waals surface area (Å²) in [6.07, 6.45) is 1.29. The number of aromatic nitrogens is 4. The zero-order valence-corrected chi connectivity index (χ0v) is 13.3. The molecule has 8 nitrogen and oxygen atoms in total. The van der Waals surface area contributed by atoms with Crippen LogP contribution in [0.4, 0.5) is 5.69 Å². The lowest BCUT2D eigenvalue weighted by molar-refractivity contribution is -0.119. The van der Waals surface area contributed by atoms with Crippen molar-refractivity contribution in [3.05, 3.63) is 28.3 Å². The van der Waals surface area contributed by atoms with Gasteiger partial charge in [-0.1, -0.05) is 11.6 Å². The molecular weight excluding hydrogens is 310 g/mol. The SMILES string of the molecule is Cc1nn(C(C)C(=O)Nc2cnn(C)c2C(=O)O)c(C)c1Cl. The highest BCUT2D eigenvalue weighted by Gasteiger charge is 2.23. The number of aromatic carboxylic acids is 1. The third-order valence-electron chi connectivity index (χ3n) is 3.38. The van der Waals surface area contributed by atoms with Gasteiger partial charge in [0.1, 0.15) is 6.04 Å². The van der Waals surface area contributed by atoms with Crippen LogP contribution in [0.25, 0.3) is 0 Å². The number of hydrogen-bond acceptors (Lipinski definition) is 4. The van der Waals surface area contributed by atoms with Gasteiger partial charge >= 0.3 is 5.97 Å². The number of halogens is 1. The Morgan fingerprint density at radius 2 is 2.05 bits per heavy atom. The molecule has 2 aromatic rings. The van der Waals surface area contributed by atoms with E-state index in [4.69, 9.17) is 16.7 Å². The van der Waals surface area contributed by atoms with Crippen LogP contribution in [-0.2, 0) is 11.8 Å². The summed E-state index contributed by atoms with van der Waals surface area (Å²) in [4.78, 5) is 23.5. The van der Waals surface area contributed by atoms with Crippen LogP contribution in [0.3, 0.4) is 0 Å². The lowest BCUT2D eigenvalue weighted by Crippen LogP contribution is -2.26. The molecular formula is C13H16ClN5O3. The molecule has 0 saturated heterocycles. The Bertz CT molecular complexity index is 749. The maximum Gasteiger partial charge on any atom is 0.356 e. The van der Waals surface area contributed by atoms with Gasteiger partial charge in [0.2, 0.25) is 5.91 Å². The first-order chi connectivity index (χ1) is 10.2. The summed E-state index contributed by atoms with van der Waals surface area (Å²) >= 11 is 6.07. The Balaban J connectivity index is 2.26. The van der Waals surface area contributed by atoms with Gasteiger partial charge in [0.05, 0.1) is 28.3 Å². The molecule has 0 aliphatic rings. The van der Waals surface area contributed by atoms with E-state index in [1.54, 1.807) is 20.8 Å². The van der Waals surface area contributed by atoms with Gasteiger partial charge in [-0.2, -0.15) is 10.2 Å². The zero-order chi connectivity index (χ0) is 16.6. The number of carboxylic acids is 1. The number of carbonyl (C=O) groups excluding carboxylic acids is 1. The second-order valence-corrected chi connectivity index (χ2v) is 5.31. The molecule has 0 bridgehead atoms. The van der Waals surface area contributed by atoms with Crippen molar-refractivity contribution in [3.8, 4) is 0 Å². The van der Waals surface area contributed by atoms with Crippen LogP contribution in [0.1, 0.15) is 34.8 Å². The molecule has 2 aromatic heterocycles. The highest BCUT2D eigenvalue weighted by Crippen LogP contribution is 2.23. The van der Waals surface area contributed by atoms with Crippen LogP contribution >= 0.6 is 11.6 Å². The van der Waals surface area contributed by atoms with Crippen molar-refractivity contribution in [2.24, 2.45) is 7.05 Å². The Morgan fingerprint density at radius 3 is 2.55 bits per heavy atom. The van der Waals surface area contributed by atoms with E-state index in [-0.39, 0.29) is 11.4 Å². The van der Waals surface area contributed by atoms with Crippen molar-refractivity contribution in [1.82, 2.24) is 19.6 Å². The average Bonchev–Trinajstić information content (AvgIpc) is 2.93. The second kappa shape index (κ2) is 5.80. The van der Waals surface area contributed by atoms with E-state index in [0.29, 0.717) is 16.4 Å². The molecule has 0 aliphatic carbocycles. The summed E-state index contributed by atoms with van der Waals surface area (Å²) < 4.78 is 2.69. The highest BCUT2D eigenvalue weighted by atomic mass is 35.5. The number of hydrogen-bond donors (Lipinski definition) is 2. The van der Waals surface area contributed by atoms with Gasteiger partial charge in [-0.15, -0.1) is 0 Å². The van der Waals surface area contributed by atoms with Crippen molar-refractivity contribution in [3.63, 3.8) is 0 Å². The monoisotopic (exact) mass is 325 g/mol. The highest BCUT2D eigenvalue weighted by molar-refractivity contribution is 6.31. The van der Waals surface area contributed by atoms with Crippen molar-refractivity contribution < 1.29 is 14.7 Å². The minimum absolute atomic E-state index is 0.0908. The first-order valence-electron chi connectivity index (χ1n) is 6.51. The van der Waals surface area contributed by atoms with Crippen molar-refractivity contribution in [2.45, 2.75) is 26.8 Å². The van der Waals surface area contributed by atoms with Gasteiger partial charge in [-0.3, -0.25) is 14.2 Å². The Labute approximate surface area is 131 Å². The average molecular weight is 326 g/mol. The van der Waals surface area contributed by atoms with Crippen molar-refractivity contribution in [1.29, 1.82) is 0 Å². The summed E-state index contributed by atoms with van der Waals surface area (Å²) in [5, 5.41) is 20.3. The molecule has 1 atom stereocenters. The van der Waals surface area contributed by atoms with Crippen molar-refractivity contribution >= 4 is 29.2 Å². The topological polar surface area (TPSA) is 102 Å². The standard InChI is InChI=1S/C13H16ClN5O3/c1-6-10(14)7(2)19(17-6)8(3)12(20)16-9-5-15-18(4)11(9)13(21)22/h5,8H,1-4H3,(H,16,20)(H,21,22). The predicted molar refractivity (Wildman–Crippen MR) is 80.2 cm³/mol. The number of aryl methyl sites for hydroxylation is 2. The van der Waals surface area contributed by atoms with Gasteiger partial charge in [-0.05, 0) is 20.8 Å². The fourth-order valence-corrected chi connectivity index (χ4v) is 2.28. The van der Waals surface area contributed by atoms with Crippen LogP contribution in [0.5, 0.6) is 0 Å². The first kappa shape index (κ1) is 16.0. The lowest BCUT2D eigenvalue weighted by Gasteiger charge is -2.14. The number of carboxylic acid groups (broad SMARTS) is 1. The van der Waals surface area contributed by atoms with Gasteiger partial charge in [0.25, 0.3) is 0 Å². The van der Waals surface area contributed by atoms with Gasteiger partial charge in [0.15, 0.2) is 5.69 Å². The molecule has 1 unspecified atom stereocenters. The minimum atomic E-state index is -1.17. The normalized spacial score (nSPS) is 12.2. The molecule has 2 N–H and O–H groups in total. The van der Waals surface area contributed by atoms with Gasteiger partial charge in [0, 0.05) is 7.05 Å². The molecule has 0 aliphatic heterocycles.